The fourth-order valence-electron chi connectivity index (χ4n) is 2.36. The predicted octanol–water partition coefficient (Wildman–Crippen LogP) is 3.59. The zero-order valence-corrected chi connectivity index (χ0v) is 16.2. The average Bonchev–Trinajstić information content (AvgIpc) is 2.61. The number of hydrogen-bond acceptors (Lipinski definition) is 4. The summed E-state index contributed by atoms with van der Waals surface area (Å²) in [6, 6.07) is 14.6. The molecule has 0 saturated carbocycles. The lowest BCUT2D eigenvalue weighted by Gasteiger charge is -2.19. The predicted molar refractivity (Wildman–Crippen MR) is 106 cm³/mol. The number of benzene rings is 2. The van der Waals surface area contributed by atoms with Crippen LogP contribution in [0.1, 0.15) is 26.3 Å². The van der Waals surface area contributed by atoms with E-state index in [4.69, 9.17) is 9.47 Å². The van der Waals surface area contributed by atoms with Crippen molar-refractivity contribution in [2.45, 2.75) is 26.2 Å². The Hall–Kier alpha value is -2.86. The topological polar surface area (TPSA) is 76.7 Å². The van der Waals surface area contributed by atoms with Crippen LogP contribution in [-0.2, 0) is 19.7 Å². The maximum atomic E-state index is 12.0. The van der Waals surface area contributed by atoms with Crippen molar-refractivity contribution in [2.75, 3.05) is 31.0 Å². The maximum Gasteiger partial charge on any atom is 0.262 e. The van der Waals surface area contributed by atoms with E-state index in [1.165, 1.54) is 12.7 Å². The third-order valence-electron chi connectivity index (χ3n) is 3.82. The number of anilines is 2. The van der Waals surface area contributed by atoms with Crippen molar-refractivity contribution in [1.82, 2.24) is 0 Å². The molecule has 0 spiro atoms. The van der Waals surface area contributed by atoms with Crippen LogP contribution < -0.4 is 15.4 Å². The first kappa shape index (κ1) is 20.5. The van der Waals surface area contributed by atoms with Crippen LogP contribution in [0.5, 0.6) is 5.75 Å². The first-order valence-electron chi connectivity index (χ1n) is 8.70. The van der Waals surface area contributed by atoms with E-state index in [0.29, 0.717) is 17.1 Å². The fourth-order valence-corrected chi connectivity index (χ4v) is 2.36. The molecule has 0 aliphatic heterocycles. The standard InChI is InChI=1S/C21H26N2O4/c1-21(2,3)15-5-11-18(12-6-15)27-14-20(25)23-17-9-7-16(8-10-17)22-19(24)13-26-4/h5-12H,13-14H2,1-4H3,(H,22,24)(H,23,25). The van der Waals surface area contributed by atoms with Gasteiger partial charge >= 0.3 is 0 Å². The summed E-state index contributed by atoms with van der Waals surface area (Å²) in [5.74, 6) is 0.153. The Morgan fingerprint density at radius 3 is 1.74 bits per heavy atom. The van der Waals surface area contributed by atoms with Crippen LogP contribution in [0.4, 0.5) is 11.4 Å². The van der Waals surface area contributed by atoms with Gasteiger partial charge in [-0.1, -0.05) is 32.9 Å². The summed E-state index contributed by atoms with van der Waals surface area (Å²) < 4.78 is 10.3. The molecule has 2 aromatic carbocycles. The Bertz CT molecular complexity index is 762. The minimum Gasteiger partial charge on any atom is -0.484 e. The van der Waals surface area contributed by atoms with E-state index >= 15 is 0 Å². The molecule has 2 aromatic rings. The molecule has 0 heterocycles. The van der Waals surface area contributed by atoms with Gasteiger partial charge in [0.2, 0.25) is 5.91 Å². The van der Waals surface area contributed by atoms with Gasteiger partial charge < -0.3 is 20.1 Å². The Labute approximate surface area is 159 Å². The van der Waals surface area contributed by atoms with E-state index in [0.717, 1.165) is 0 Å². The van der Waals surface area contributed by atoms with Crippen LogP contribution in [0, 0.1) is 0 Å². The number of rotatable bonds is 7. The van der Waals surface area contributed by atoms with Crippen molar-refractivity contribution in [2.24, 2.45) is 0 Å². The fraction of sp³-hybridized carbons (Fsp3) is 0.333. The van der Waals surface area contributed by atoms with Gasteiger partial charge in [-0.3, -0.25) is 9.59 Å². The molecule has 0 aromatic heterocycles. The average molecular weight is 370 g/mol. The largest absolute Gasteiger partial charge is 0.484 e. The summed E-state index contributed by atoms with van der Waals surface area (Å²) in [5, 5.41) is 5.44. The maximum absolute atomic E-state index is 12.0. The minimum atomic E-state index is -0.258. The zero-order valence-electron chi connectivity index (χ0n) is 16.2. The van der Waals surface area contributed by atoms with Crippen LogP contribution in [0.3, 0.4) is 0 Å². The van der Waals surface area contributed by atoms with Gasteiger partial charge in [0.1, 0.15) is 12.4 Å². The third-order valence-corrected chi connectivity index (χ3v) is 3.82. The van der Waals surface area contributed by atoms with Gasteiger partial charge in [0, 0.05) is 18.5 Å². The van der Waals surface area contributed by atoms with Gasteiger partial charge in [0.25, 0.3) is 5.91 Å². The molecule has 0 aliphatic carbocycles. The van der Waals surface area contributed by atoms with Crippen LogP contribution >= 0.6 is 0 Å². The highest BCUT2D eigenvalue weighted by Gasteiger charge is 2.13. The van der Waals surface area contributed by atoms with E-state index in [1.807, 2.05) is 24.3 Å². The number of methoxy groups -OCH3 is 1. The Balaban J connectivity index is 1.82. The Morgan fingerprint density at radius 1 is 0.815 bits per heavy atom. The molecule has 0 bridgehead atoms. The highest BCUT2D eigenvalue weighted by atomic mass is 16.5. The van der Waals surface area contributed by atoms with Gasteiger partial charge in [0.05, 0.1) is 0 Å². The number of carbonyl (C=O) groups excluding carboxylic acids is 2. The lowest BCUT2D eigenvalue weighted by molar-refractivity contribution is -0.120. The van der Waals surface area contributed by atoms with E-state index in [1.54, 1.807) is 24.3 Å². The third kappa shape index (κ3) is 6.75. The Morgan fingerprint density at radius 2 is 1.30 bits per heavy atom. The molecule has 0 unspecified atom stereocenters. The smallest absolute Gasteiger partial charge is 0.262 e. The highest BCUT2D eigenvalue weighted by molar-refractivity contribution is 5.93. The molecule has 27 heavy (non-hydrogen) atoms. The summed E-state index contributed by atoms with van der Waals surface area (Å²) in [4.78, 5) is 23.5. The van der Waals surface area contributed by atoms with Crippen LogP contribution in [-0.4, -0.2) is 32.1 Å². The summed E-state index contributed by atoms with van der Waals surface area (Å²) >= 11 is 0. The molecule has 6 nitrogen and oxygen atoms in total. The number of amides is 2. The van der Waals surface area contributed by atoms with E-state index in [-0.39, 0.29) is 30.4 Å². The SMILES string of the molecule is COCC(=O)Nc1ccc(NC(=O)COc2ccc(C(C)(C)C)cc2)cc1. The lowest BCUT2D eigenvalue weighted by atomic mass is 9.87. The van der Waals surface area contributed by atoms with Gasteiger partial charge in [0.15, 0.2) is 6.61 Å². The summed E-state index contributed by atoms with van der Waals surface area (Å²) in [5.41, 5.74) is 2.53. The molecule has 0 atom stereocenters. The van der Waals surface area contributed by atoms with Crippen molar-refractivity contribution in [3.05, 3.63) is 54.1 Å². The molecule has 0 saturated heterocycles. The highest BCUT2D eigenvalue weighted by Crippen LogP contribution is 2.24. The minimum absolute atomic E-state index is 0.00738. The second-order valence-corrected chi connectivity index (χ2v) is 7.17. The van der Waals surface area contributed by atoms with Gasteiger partial charge in [-0.05, 0) is 47.4 Å². The number of hydrogen-bond donors (Lipinski definition) is 2. The number of ether oxygens (including phenoxy) is 2. The van der Waals surface area contributed by atoms with Crippen molar-refractivity contribution >= 4 is 23.2 Å². The van der Waals surface area contributed by atoms with Gasteiger partial charge in [-0.2, -0.15) is 0 Å². The molecule has 2 rings (SSSR count). The lowest BCUT2D eigenvalue weighted by Crippen LogP contribution is -2.20. The molecular weight excluding hydrogens is 344 g/mol. The quantitative estimate of drug-likeness (QED) is 0.781. The molecule has 0 aliphatic rings. The molecule has 2 amide bonds. The van der Waals surface area contributed by atoms with Gasteiger partial charge in [-0.25, -0.2) is 0 Å². The van der Waals surface area contributed by atoms with Crippen molar-refractivity contribution < 1.29 is 19.1 Å². The van der Waals surface area contributed by atoms with E-state index in [9.17, 15) is 9.59 Å². The normalized spacial score (nSPS) is 11.0. The number of carbonyl (C=O) groups is 2. The summed E-state index contributed by atoms with van der Waals surface area (Å²) in [6.07, 6.45) is 0. The van der Waals surface area contributed by atoms with Crippen molar-refractivity contribution in [1.29, 1.82) is 0 Å². The molecule has 0 fully saturated rings. The summed E-state index contributed by atoms with van der Waals surface area (Å²) in [7, 11) is 1.46. The van der Waals surface area contributed by atoms with Crippen LogP contribution in [0.25, 0.3) is 0 Å². The van der Waals surface area contributed by atoms with Crippen molar-refractivity contribution in [3.63, 3.8) is 0 Å². The van der Waals surface area contributed by atoms with E-state index in [2.05, 4.69) is 31.4 Å². The Kier molecular flexibility index (Phi) is 6.96. The second kappa shape index (κ2) is 9.19. The van der Waals surface area contributed by atoms with Crippen LogP contribution in [0.2, 0.25) is 0 Å². The first-order valence-corrected chi connectivity index (χ1v) is 8.70. The summed E-state index contributed by atoms with van der Waals surface area (Å²) in [6.45, 7) is 6.34. The molecule has 144 valence electrons. The zero-order chi connectivity index (χ0) is 19.9. The monoisotopic (exact) mass is 370 g/mol. The van der Waals surface area contributed by atoms with Crippen molar-refractivity contribution in [3.8, 4) is 5.75 Å². The second-order valence-electron chi connectivity index (χ2n) is 7.17. The molecule has 6 heteroatoms. The van der Waals surface area contributed by atoms with E-state index < -0.39 is 0 Å². The molecular formula is C21H26N2O4. The molecule has 2 N–H and O–H groups in total. The van der Waals surface area contributed by atoms with Crippen LogP contribution in [0.15, 0.2) is 48.5 Å². The number of nitrogens with one attached hydrogen (secondary N) is 2. The first-order chi connectivity index (χ1) is 12.8. The van der Waals surface area contributed by atoms with Gasteiger partial charge in [-0.15, -0.1) is 0 Å². The molecule has 0 radical (unpaired) electrons.